The van der Waals surface area contributed by atoms with E-state index in [0.717, 1.165) is 24.7 Å². The van der Waals surface area contributed by atoms with Crippen molar-refractivity contribution in [1.29, 1.82) is 0 Å². The first-order chi connectivity index (χ1) is 6.63. The first-order valence-electron chi connectivity index (χ1n) is 5.44. The van der Waals surface area contributed by atoms with Crippen molar-refractivity contribution >= 4 is 11.6 Å². The predicted octanol–water partition coefficient (Wildman–Crippen LogP) is 2.20. The molecule has 1 saturated heterocycles. The lowest BCUT2D eigenvalue weighted by molar-refractivity contribution is 0.150. The van der Waals surface area contributed by atoms with Gasteiger partial charge in [-0.15, -0.1) is 0 Å². The minimum absolute atomic E-state index is 0.614. The average Bonchev–Trinajstić information content (AvgIpc) is 2.10. The van der Waals surface area contributed by atoms with E-state index in [1.54, 1.807) is 0 Å². The van der Waals surface area contributed by atoms with Gasteiger partial charge in [0.15, 0.2) is 0 Å². The minimum atomic E-state index is 0.614. The average molecular weight is 217 g/mol. The topological polar surface area (TPSA) is 15.3 Å². The van der Waals surface area contributed by atoms with E-state index in [2.05, 4.69) is 30.6 Å². The zero-order valence-corrected chi connectivity index (χ0v) is 9.98. The van der Waals surface area contributed by atoms with Crippen molar-refractivity contribution in [2.24, 2.45) is 0 Å². The van der Waals surface area contributed by atoms with E-state index in [-0.39, 0.29) is 0 Å². The van der Waals surface area contributed by atoms with Crippen LogP contribution in [0.5, 0.6) is 0 Å². The molecule has 0 bridgehead atoms. The van der Waals surface area contributed by atoms with Crippen molar-refractivity contribution in [2.75, 3.05) is 19.6 Å². The second kappa shape index (κ2) is 5.74. The normalized spacial score (nSPS) is 29.1. The molecule has 0 aromatic carbocycles. The fourth-order valence-electron chi connectivity index (χ4n) is 2.15. The summed E-state index contributed by atoms with van der Waals surface area (Å²) in [5.41, 5.74) is 0. The molecular weight excluding hydrogens is 196 g/mol. The number of nitrogens with zero attached hydrogens (tertiary/aromatic N) is 1. The highest BCUT2D eigenvalue weighted by molar-refractivity contribution is 6.29. The van der Waals surface area contributed by atoms with E-state index >= 15 is 0 Å². The lowest BCUT2D eigenvalue weighted by Crippen LogP contribution is -2.47. The van der Waals surface area contributed by atoms with Gasteiger partial charge in [-0.25, -0.2) is 0 Å². The fraction of sp³-hybridized carbons (Fsp3) is 0.818. The molecule has 82 valence electrons. The highest BCUT2D eigenvalue weighted by Crippen LogP contribution is 2.18. The first-order valence-corrected chi connectivity index (χ1v) is 5.82. The lowest BCUT2D eigenvalue weighted by Gasteiger charge is -2.37. The van der Waals surface area contributed by atoms with Gasteiger partial charge < -0.3 is 5.32 Å². The Morgan fingerprint density at radius 1 is 1.64 bits per heavy atom. The van der Waals surface area contributed by atoms with Gasteiger partial charge >= 0.3 is 0 Å². The molecule has 3 heteroatoms. The Labute approximate surface area is 92.3 Å². The molecule has 1 heterocycles. The van der Waals surface area contributed by atoms with Crippen LogP contribution in [0.3, 0.4) is 0 Å². The van der Waals surface area contributed by atoms with Gasteiger partial charge in [-0.3, -0.25) is 4.90 Å². The summed E-state index contributed by atoms with van der Waals surface area (Å²) in [6.07, 6.45) is 2.44. The van der Waals surface area contributed by atoms with Crippen LogP contribution >= 0.6 is 11.6 Å². The molecule has 0 amide bonds. The summed E-state index contributed by atoms with van der Waals surface area (Å²) < 4.78 is 0. The van der Waals surface area contributed by atoms with E-state index in [1.165, 1.54) is 12.8 Å². The number of hydrogen-bond donors (Lipinski definition) is 1. The summed E-state index contributed by atoms with van der Waals surface area (Å²) in [6, 6.07) is 1.30. The number of rotatable bonds is 4. The third kappa shape index (κ3) is 3.60. The lowest BCUT2D eigenvalue weighted by atomic mass is 9.98. The summed E-state index contributed by atoms with van der Waals surface area (Å²) in [6.45, 7) is 11.2. The molecule has 0 spiro atoms. The Morgan fingerprint density at radius 3 is 2.86 bits per heavy atom. The molecule has 0 aromatic heterocycles. The van der Waals surface area contributed by atoms with Crippen LogP contribution in [0.1, 0.15) is 26.7 Å². The second-order valence-electron chi connectivity index (χ2n) is 4.12. The van der Waals surface area contributed by atoms with Crippen LogP contribution in [0.15, 0.2) is 11.6 Å². The van der Waals surface area contributed by atoms with Gasteiger partial charge in [0, 0.05) is 30.2 Å². The number of piperidine rings is 1. The number of hydrogen-bond acceptors (Lipinski definition) is 2. The fourth-order valence-corrected chi connectivity index (χ4v) is 2.30. The summed E-state index contributed by atoms with van der Waals surface area (Å²) in [4.78, 5) is 2.41. The van der Waals surface area contributed by atoms with Gasteiger partial charge in [0.1, 0.15) is 0 Å². The van der Waals surface area contributed by atoms with Gasteiger partial charge in [0.05, 0.1) is 0 Å². The zero-order chi connectivity index (χ0) is 10.6. The summed E-state index contributed by atoms with van der Waals surface area (Å²) in [7, 11) is 0. The van der Waals surface area contributed by atoms with Crippen molar-refractivity contribution in [3.8, 4) is 0 Å². The van der Waals surface area contributed by atoms with Gasteiger partial charge in [0.25, 0.3) is 0 Å². The van der Waals surface area contributed by atoms with E-state index < -0.39 is 0 Å². The minimum Gasteiger partial charge on any atom is -0.314 e. The second-order valence-corrected chi connectivity index (χ2v) is 4.65. The maximum atomic E-state index is 5.82. The van der Waals surface area contributed by atoms with Gasteiger partial charge in [-0.2, -0.15) is 0 Å². The third-order valence-corrected chi connectivity index (χ3v) is 3.00. The zero-order valence-electron chi connectivity index (χ0n) is 9.22. The van der Waals surface area contributed by atoms with Crippen LogP contribution in [0.2, 0.25) is 0 Å². The smallest absolute Gasteiger partial charge is 0.0338 e. The van der Waals surface area contributed by atoms with Gasteiger partial charge in [-0.1, -0.05) is 25.1 Å². The number of nitrogens with one attached hydrogen (secondary N) is 1. The van der Waals surface area contributed by atoms with E-state index in [4.69, 9.17) is 11.6 Å². The number of halogens is 1. The summed E-state index contributed by atoms with van der Waals surface area (Å²) in [5.74, 6) is 0. The maximum Gasteiger partial charge on any atom is 0.0338 e. The Balaban J connectivity index is 2.35. The number of likely N-dealkylation sites (tertiary alicyclic amines) is 1. The molecule has 0 radical (unpaired) electrons. The van der Waals surface area contributed by atoms with Crippen molar-refractivity contribution in [3.05, 3.63) is 11.6 Å². The molecule has 0 aliphatic carbocycles. The Bertz CT molecular complexity index is 194. The molecule has 0 aromatic rings. The van der Waals surface area contributed by atoms with Gasteiger partial charge in [0.2, 0.25) is 0 Å². The Morgan fingerprint density at radius 2 is 2.36 bits per heavy atom. The van der Waals surface area contributed by atoms with E-state index in [9.17, 15) is 0 Å². The van der Waals surface area contributed by atoms with Crippen LogP contribution in [0.4, 0.5) is 0 Å². The van der Waals surface area contributed by atoms with Crippen molar-refractivity contribution in [3.63, 3.8) is 0 Å². The molecule has 1 N–H and O–H groups in total. The first kappa shape index (κ1) is 12.0. The van der Waals surface area contributed by atoms with Crippen LogP contribution in [0.25, 0.3) is 0 Å². The van der Waals surface area contributed by atoms with Crippen LogP contribution < -0.4 is 5.32 Å². The molecule has 2 nitrogen and oxygen atoms in total. The summed E-state index contributed by atoms with van der Waals surface area (Å²) in [5, 5.41) is 4.26. The largest absolute Gasteiger partial charge is 0.314 e. The predicted molar refractivity (Wildman–Crippen MR) is 62.7 cm³/mol. The maximum absolute atomic E-state index is 5.82. The molecule has 1 rings (SSSR count). The monoisotopic (exact) mass is 216 g/mol. The SMILES string of the molecule is C=C(Cl)CN1CCC(NCC)CC1C. The van der Waals surface area contributed by atoms with Crippen LogP contribution in [-0.2, 0) is 0 Å². The molecule has 1 aliphatic rings. The Kier molecular flexibility index (Phi) is 4.93. The molecule has 2 unspecified atom stereocenters. The van der Waals surface area contributed by atoms with Crippen molar-refractivity contribution < 1.29 is 0 Å². The van der Waals surface area contributed by atoms with Crippen LogP contribution in [0, 0.1) is 0 Å². The summed E-state index contributed by atoms with van der Waals surface area (Å²) >= 11 is 5.82. The van der Waals surface area contributed by atoms with Crippen LogP contribution in [-0.4, -0.2) is 36.6 Å². The molecule has 1 aliphatic heterocycles. The quantitative estimate of drug-likeness (QED) is 0.775. The molecule has 14 heavy (non-hydrogen) atoms. The molecule has 0 saturated carbocycles. The van der Waals surface area contributed by atoms with E-state index in [0.29, 0.717) is 12.1 Å². The highest BCUT2D eigenvalue weighted by Gasteiger charge is 2.24. The standard InChI is InChI=1S/C11H21ClN2/c1-4-13-11-5-6-14(8-9(2)12)10(3)7-11/h10-11,13H,2,4-8H2,1,3H3. The van der Waals surface area contributed by atoms with E-state index in [1.807, 2.05) is 0 Å². The van der Waals surface area contributed by atoms with Crippen molar-refractivity contribution in [1.82, 2.24) is 10.2 Å². The van der Waals surface area contributed by atoms with Gasteiger partial charge in [-0.05, 0) is 26.3 Å². The van der Waals surface area contributed by atoms with Crippen molar-refractivity contribution in [2.45, 2.75) is 38.8 Å². The molecular formula is C11H21ClN2. The molecule has 1 fully saturated rings. The third-order valence-electron chi connectivity index (χ3n) is 2.88. The Hall–Kier alpha value is -0.0500. The highest BCUT2D eigenvalue weighted by atomic mass is 35.5. The molecule has 2 atom stereocenters.